The average Bonchev–Trinajstić information content (AvgIpc) is 2.32. The van der Waals surface area contributed by atoms with Crippen LogP contribution in [0, 0.1) is 0 Å². The van der Waals surface area contributed by atoms with Crippen LogP contribution in [0.4, 0.5) is 0 Å². The number of nitrogens with zero attached hydrogens (tertiary/aromatic N) is 1. The Morgan fingerprint density at radius 2 is 2.50 bits per heavy atom. The van der Waals surface area contributed by atoms with Gasteiger partial charge in [0.2, 0.25) is 0 Å². The van der Waals surface area contributed by atoms with Gasteiger partial charge in [0, 0.05) is 23.7 Å². The highest BCUT2D eigenvalue weighted by molar-refractivity contribution is 9.11. The Morgan fingerprint density at radius 3 is 3.00 bits per heavy atom. The van der Waals surface area contributed by atoms with Gasteiger partial charge in [-0.1, -0.05) is 6.42 Å². The van der Waals surface area contributed by atoms with Crippen molar-refractivity contribution in [3.05, 3.63) is 15.0 Å². The first-order valence-electron chi connectivity index (χ1n) is 4.18. The van der Waals surface area contributed by atoms with Gasteiger partial charge in [-0.3, -0.25) is 0 Å². The third-order valence-electron chi connectivity index (χ3n) is 2.20. The Hall–Kier alpha value is 0.0700. The standard InChI is InChI=1S/C8H11BrN2S/c9-8-11-5-7(12-8)4-10-6-2-1-3-6/h5-6,10H,1-4H2. The molecular weight excluding hydrogens is 236 g/mol. The number of halogens is 1. The molecule has 0 aromatic carbocycles. The summed E-state index contributed by atoms with van der Waals surface area (Å²) in [6.45, 7) is 0.980. The van der Waals surface area contributed by atoms with Gasteiger partial charge in [0.25, 0.3) is 0 Å². The zero-order valence-electron chi connectivity index (χ0n) is 6.72. The average molecular weight is 247 g/mol. The lowest BCUT2D eigenvalue weighted by atomic mass is 9.93. The number of nitrogens with one attached hydrogen (secondary N) is 1. The highest BCUT2D eigenvalue weighted by Gasteiger charge is 2.16. The maximum atomic E-state index is 4.13. The van der Waals surface area contributed by atoms with Crippen LogP contribution in [-0.2, 0) is 6.54 Å². The summed E-state index contributed by atoms with van der Waals surface area (Å²) >= 11 is 5.06. The van der Waals surface area contributed by atoms with Gasteiger partial charge in [-0.05, 0) is 28.8 Å². The molecule has 1 saturated carbocycles. The molecule has 1 fully saturated rings. The van der Waals surface area contributed by atoms with Crippen LogP contribution < -0.4 is 5.32 Å². The molecule has 1 aromatic rings. The lowest BCUT2D eigenvalue weighted by molar-refractivity contribution is 0.339. The van der Waals surface area contributed by atoms with Crippen molar-refractivity contribution in [2.75, 3.05) is 0 Å². The third-order valence-corrected chi connectivity index (χ3v) is 3.67. The van der Waals surface area contributed by atoms with E-state index < -0.39 is 0 Å². The highest BCUT2D eigenvalue weighted by Crippen LogP contribution is 2.21. The number of hydrogen-bond acceptors (Lipinski definition) is 3. The van der Waals surface area contributed by atoms with Gasteiger partial charge < -0.3 is 5.32 Å². The third kappa shape index (κ3) is 2.06. The summed E-state index contributed by atoms with van der Waals surface area (Å²) in [5, 5.41) is 3.50. The normalized spacial score (nSPS) is 17.8. The lowest BCUT2D eigenvalue weighted by Gasteiger charge is -2.26. The first-order valence-corrected chi connectivity index (χ1v) is 5.79. The van der Waals surface area contributed by atoms with Crippen LogP contribution in [0.15, 0.2) is 10.1 Å². The molecule has 1 aromatic heterocycles. The first kappa shape index (κ1) is 8.66. The smallest absolute Gasteiger partial charge is 0.159 e. The molecule has 0 amide bonds. The second-order valence-electron chi connectivity index (χ2n) is 3.09. The number of aromatic nitrogens is 1. The molecule has 0 radical (unpaired) electrons. The van der Waals surface area contributed by atoms with Crippen molar-refractivity contribution in [1.82, 2.24) is 10.3 Å². The fourth-order valence-electron chi connectivity index (χ4n) is 1.22. The molecule has 0 bridgehead atoms. The van der Waals surface area contributed by atoms with Crippen molar-refractivity contribution in [1.29, 1.82) is 0 Å². The molecule has 1 N–H and O–H groups in total. The highest BCUT2D eigenvalue weighted by atomic mass is 79.9. The summed E-state index contributed by atoms with van der Waals surface area (Å²) in [7, 11) is 0. The van der Waals surface area contributed by atoms with Crippen LogP contribution >= 0.6 is 27.3 Å². The summed E-state index contributed by atoms with van der Waals surface area (Å²) in [4.78, 5) is 5.45. The zero-order chi connectivity index (χ0) is 8.39. The fourth-order valence-corrected chi connectivity index (χ4v) is 2.53. The second-order valence-corrected chi connectivity index (χ2v) is 5.48. The van der Waals surface area contributed by atoms with Crippen molar-refractivity contribution < 1.29 is 0 Å². The Labute approximate surface area is 84.5 Å². The minimum Gasteiger partial charge on any atom is -0.309 e. The number of thiazole rings is 1. The maximum Gasteiger partial charge on any atom is 0.159 e. The van der Waals surface area contributed by atoms with Crippen molar-refractivity contribution >= 4 is 27.3 Å². The quantitative estimate of drug-likeness (QED) is 0.887. The van der Waals surface area contributed by atoms with Gasteiger partial charge in [-0.25, -0.2) is 4.98 Å². The molecule has 0 unspecified atom stereocenters. The molecule has 0 spiro atoms. The van der Waals surface area contributed by atoms with E-state index in [2.05, 4.69) is 26.2 Å². The Balaban J connectivity index is 1.79. The van der Waals surface area contributed by atoms with Gasteiger partial charge in [0.15, 0.2) is 3.92 Å². The molecule has 12 heavy (non-hydrogen) atoms. The summed E-state index contributed by atoms with van der Waals surface area (Å²) in [6, 6.07) is 0.769. The van der Waals surface area contributed by atoms with Crippen LogP contribution in [0.1, 0.15) is 24.1 Å². The minimum atomic E-state index is 0.769. The van der Waals surface area contributed by atoms with E-state index in [9.17, 15) is 0 Å². The summed E-state index contributed by atoms with van der Waals surface area (Å²) in [5.74, 6) is 0. The fraction of sp³-hybridized carbons (Fsp3) is 0.625. The molecule has 0 aliphatic heterocycles. The number of hydrogen-bond donors (Lipinski definition) is 1. The molecule has 66 valence electrons. The predicted octanol–water partition coefficient (Wildman–Crippen LogP) is 2.55. The Bertz CT molecular complexity index is 257. The van der Waals surface area contributed by atoms with Crippen LogP contribution in [-0.4, -0.2) is 11.0 Å². The van der Waals surface area contributed by atoms with Gasteiger partial charge in [-0.2, -0.15) is 0 Å². The molecule has 1 aliphatic carbocycles. The van der Waals surface area contributed by atoms with Crippen molar-refractivity contribution in [3.63, 3.8) is 0 Å². The lowest BCUT2D eigenvalue weighted by Crippen LogP contribution is -2.34. The van der Waals surface area contributed by atoms with Crippen LogP contribution in [0.2, 0.25) is 0 Å². The van der Waals surface area contributed by atoms with Crippen LogP contribution in [0.5, 0.6) is 0 Å². The minimum absolute atomic E-state index is 0.769. The van der Waals surface area contributed by atoms with E-state index in [1.807, 2.05) is 6.20 Å². The number of rotatable bonds is 3. The van der Waals surface area contributed by atoms with Gasteiger partial charge >= 0.3 is 0 Å². The Kier molecular flexibility index (Phi) is 2.78. The molecule has 2 nitrogen and oxygen atoms in total. The van der Waals surface area contributed by atoms with Crippen molar-refractivity contribution in [3.8, 4) is 0 Å². The van der Waals surface area contributed by atoms with E-state index in [-0.39, 0.29) is 0 Å². The van der Waals surface area contributed by atoms with Crippen LogP contribution in [0.3, 0.4) is 0 Å². The maximum absolute atomic E-state index is 4.13. The zero-order valence-corrected chi connectivity index (χ0v) is 9.12. The van der Waals surface area contributed by atoms with E-state index in [4.69, 9.17) is 0 Å². The largest absolute Gasteiger partial charge is 0.309 e. The van der Waals surface area contributed by atoms with E-state index in [1.54, 1.807) is 11.3 Å². The molecule has 0 saturated heterocycles. The Morgan fingerprint density at radius 1 is 1.67 bits per heavy atom. The van der Waals surface area contributed by atoms with Gasteiger partial charge in [0.05, 0.1) is 0 Å². The van der Waals surface area contributed by atoms with Gasteiger partial charge in [-0.15, -0.1) is 11.3 Å². The van der Waals surface area contributed by atoms with E-state index in [0.29, 0.717) is 0 Å². The van der Waals surface area contributed by atoms with Crippen LogP contribution in [0.25, 0.3) is 0 Å². The van der Waals surface area contributed by atoms with E-state index in [0.717, 1.165) is 16.5 Å². The molecule has 0 atom stereocenters. The predicted molar refractivity (Wildman–Crippen MR) is 54.3 cm³/mol. The van der Waals surface area contributed by atoms with E-state index >= 15 is 0 Å². The summed E-state index contributed by atoms with van der Waals surface area (Å²) in [6.07, 6.45) is 6.02. The molecule has 1 aliphatic rings. The summed E-state index contributed by atoms with van der Waals surface area (Å²) < 4.78 is 0.980. The SMILES string of the molecule is Brc1ncc(CNC2CCC2)s1. The molecular formula is C8H11BrN2S. The topological polar surface area (TPSA) is 24.9 Å². The molecule has 2 rings (SSSR count). The summed E-state index contributed by atoms with van der Waals surface area (Å²) in [5.41, 5.74) is 0. The van der Waals surface area contributed by atoms with Crippen molar-refractivity contribution in [2.45, 2.75) is 31.8 Å². The molecule has 1 heterocycles. The first-order chi connectivity index (χ1) is 5.84. The van der Waals surface area contributed by atoms with E-state index in [1.165, 1.54) is 24.1 Å². The monoisotopic (exact) mass is 246 g/mol. The molecule has 4 heteroatoms. The second kappa shape index (κ2) is 3.85. The van der Waals surface area contributed by atoms with Crippen molar-refractivity contribution in [2.24, 2.45) is 0 Å². The van der Waals surface area contributed by atoms with Gasteiger partial charge in [0.1, 0.15) is 0 Å².